The van der Waals surface area contributed by atoms with Gasteiger partial charge in [-0.15, -0.1) is 0 Å². The summed E-state index contributed by atoms with van der Waals surface area (Å²) in [4.78, 5) is 12.2. The van der Waals surface area contributed by atoms with Crippen LogP contribution in [0.4, 0.5) is 17.3 Å². The van der Waals surface area contributed by atoms with E-state index in [9.17, 15) is 0 Å². The minimum atomic E-state index is 0.771. The van der Waals surface area contributed by atoms with E-state index in [2.05, 4.69) is 46.6 Å². The molecule has 0 bridgehead atoms. The molecule has 4 rings (SSSR count). The van der Waals surface area contributed by atoms with Gasteiger partial charge in [0.2, 0.25) is 0 Å². The van der Waals surface area contributed by atoms with Crippen molar-refractivity contribution in [3.63, 3.8) is 0 Å². The van der Waals surface area contributed by atoms with Gasteiger partial charge in [0.1, 0.15) is 5.82 Å². The quantitative estimate of drug-likeness (QED) is 0.624. The Hall–Kier alpha value is -2.47. The summed E-state index contributed by atoms with van der Waals surface area (Å²) in [5, 5.41) is 5.76. The molecule has 154 valence electrons. The number of nitrogens with one attached hydrogen (secondary N) is 1. The van der Waals surface area contributed by atoms with E-state index in [1.807, 2.05) is 24.0 Å². The van der Waals surface area contributed by atoms with E-state index in [1.54, 1.807) is 6.33 Å². The average molecular weight is 413 g/mol. The molecule has 3 aromatic rings. The van der Waals surface area contributed by atoms with Crippen molar-refractivity contribution < 1.29 is 0 Å². The Bertz CT molecular complexity index is 968. The molecule has 0 aliphatic carbocycles. The van der Waals surface area contributed by atoms with Crippen molar-refractivity contribution in [3.8, 4) is 0 Å². The van der Waals surface area contributed by atoms with Crippen LogP contribution in [0.1, 0.15) is 42.1 Å². The highest BCUT2D eigenvalue weighted by Gasteiger charge is 2.30. The summed E-state index contributed by atoms with van der Waals surface area (Å²) in [6.07, 6.45) is 6.88. The fourth-order valence-corrected chi connectivity index (χ4v) is 4.89. The number of hydrogen-bond acceptors (Lipinski definition) is 4. The normalized spacial score (nSPS) is 13.6. The number of anilines is 3. The molecule has 1 N–H and O–H groups in total. The average Bonchev–Trinajstić information content (AvgIpc) is 3.28. The standard InChI is InChI=1S/C22H29ClN6/c1-5-8-28(13-17-12-24-14-25-17)22-18-7-6-9-29(21(18)26-27(22)4)20-16(3)10-15(2)11-19(20)23/h10-12,14H,5-9,13H2,1-4H3,(H,24,25). The number of nitrogens with zero attached hydrogens (tertiary/aromatic N) is 5. The summed E-state index contributed by atoms with van der Waals surface area (Å²) < 4.78 is 2.03. The minimum Gasteiger partial charge on any atom is -0.351 e. The number of fused-ring (bicyclic) bond motifs is 1. The summed E-state index contributed by atoms with van der Waals surface area (Å²) in [7, 11) is 2.04. The topological polar surface area (TPSA) is 53.0 Å². The Balaban J connectivity index is 1.77. The monoisotopic (exact) mass is 412 g/mol. The second-order valence-corrected chi connectivity index (χ2v) is 8.31. The highest BCUT2D eigenvalue weighted by Crippen LogP contribution is 2.42. The van der Waals surface area contributed by atoms with Crippen LogP contribution in [0.2, 0.25) is 5.02 Å². The zero-order valence-corrected chi connectivity index (χ0v) is 18.4. The van der Waals surface area contributed by atoms with Crippen LogP contribution in [0.5, 0.6) is 0 Å². The molecule has 2 aromatic heterocycles. The minimum absolute atomic E-state index is 0.771. The van der Waals surface area contributed by atoms with Crippen LogP contribution in [0.25, 0.3) is 0 Å². The lowest BCUT2D eigenvalue weighted by Gasteiger charge is -2.31. The van der Waals surface area contributed by atoms with E-state index >= 15 is 0 Å². The molecule has 0 fully saturated rings. The van der Waals surface area contributed by atoms with Crippen LogP contribution in [0, 0.1) is 13.8 Å². The molecular weight excluding hydrogens is 384 g/mol. The van der Waals surface area contributed by atoms with Gasteiger partial charge in [-0.25, -0.2) is 4.98 Å². The second kappa shape index (κ2) is 8.11. The van der Waals surface area contributed by atoms with Gasteiger partial charge >= 0.3 is 0 Å². The molecule has 0 saturated carbocycles. The number of H-pyrrole nitrogens is 1. The van der Waals surface area contributed by atoms with Crippen LogP contribution in [-0.2, 0) is 20.0 Å². The maximum Gasteiger partial charge on any atom is 0.160 e. The maximum atomic E-state index is 6.69. The van der Waals surface area contributed by atoms with Gasteiger partial charge in [0, 0.05) is 31.9 Å². The predicted molar refractivity (Wildman–Crippen MR) is 119 cm³/mol. The number of aromatic nitrogens is 4. The number of halogens is 1. The van der Waals surface area contributed by atoms with Crippen molar-refractivity contribution in [2.45, 2.75) is 46.6 Å². The van der Waals surface area contributed by atoms with E-state index in [1.165, 1.54) is 22.5 Å². The first kappa shape index (κ1) is 19.8. The molecule has 1 aliphatic heterocycles. The fraction of sp³-hybridized carbons (Fsp3) is 0.455. The molecule has 29 heavy (non-hydrogen) atoms. The Morgan fingerprint density at radius 3 is 2.79 bits per heavy atom. The molecule has 7 heteroatoms. The number of aromatic amines is 1. The third-order valence-corrected chi connectivity index (χ3v) is 5.81. The highest BCUT2D eigenvalue weighted by atomic mass is 35.5. The van der Waals surface area contributed by atoms with Gasteiger partial charge in [0.25, 0.3) is 0 Å². The molecular formula is C22H29ClN6. The summed E-state index contributed by atoms with van der Waals surface area (Å²) in [5.74, 6) is 2.22. The number of imidazole rings is 1. The largest absolute Gasteiger partial charge is 0.351 e. The van der Waals surface area contributed by atoms with E-state index < -0.39 is 0 Å². The molecule has 0 amide bonds. The van der Waals surface area contributed by atoms with Gasteiger partial charge < -0.3 is 14.8 Å². The van der Waals surface area contributed by atoms with Crippen molar-refractivity contribution in [2.24, 2.45) is 7.05 Å². The molecule has 0 atom stereocenters. The Labute approximate surface area is 177 Å². The summed E-state index contributed by atoms with van der Waals surface area (Å²) in [5.41, 5.74) is 5.80. The molecule has 0 unspecified atom stereocenters. The Morgan fingerprint density at radius 1 is 1.28 bits per heavy atom. The molecule has 6 nitrogen and oxygen atoms in total. The van der Waals surface area contributed by atoms with E-state index in [-0.39, 0.29) is 0 Å². The smallest absolute Gasteiger partial charge is 0.160 e. The molecule has 0 saturated heterocycles. The lowest BCUT2D eigenvalue weighted by atomic mass is 10.0. The SMILES string of the molecule is CCCN(Cc1c[nH]cn1)c1c2c(nn1C)N(c1c(C)cc(C)cc1Cl)CCC2. The Morgan fingerprint density at radius 2 is 2.10 bits per heavy atom. The van der Waals surface area contributed by atoms with Crippen molar-refractivity contribution >= 4 is 28.9 Å². The van der Waals surface area contributed by atoms with Gasteiger partial charge in [0.15, 0.2) is 5.82 Å². The maximum absolute atomic E-state index is 6.69. The van der Waals surface area contributed by atoms with Crippen LogP contribution in [0.3, 0.4) is 0 Å². The first-order chi connectivity index (χ1) is 14.0. The lowest BCUT2D eigenvalue weighted by molar-refractivity contribution is 0.682. The lowest BCUT2D eigenvalue weighted by Crippen LogP contribution is -2.28. The predicted octanol–water partition coefficient (Wildman–Crippen LogP) is 4.91. The van der Waals surface area contributed by atoms with Gasteiger partial charge in [-0.05, 0) is 50.3 Å². The van der Waals surface area contributed by atoms with Crippen LogP contribution >= 0.6 is 11.6 Å². The van der Waals surface area contributed by atoms with Crippen molar-refractivity contribution in [1.82, 2.24) is 19.7 Å². The number of rotatable bonds is 6. The first-order valence-corrected chi connectivity index (χ1v) is 10.7. The summed E-state index contributed by atoms with van der Waals surface area (Å²) >= 11 is 6.69. The Kier molecular flexibility index (Phi) is 5.54. The molecule has 1 aromatic carbocycles. The van der Waals surface area contributed by atoms with Gasteiger partial charge in [-0.2, -0.15) is 5.10 Å². The summed E-state index contributed by atoms with van der Waals surface area (Å²) in [6.45, 7) is 9.09. The third kappa shape index (κ3) is 3.73. The number of hydrogen-bond donors (Lipinski definition) is 1. The van der Waals surface area contributed by atoms with Gasteiger partial charge in [0.05, 0.1) is 29.3 Å². The fourth-order valence-electron chi connectivity index (χ4n) is 4.47. The third-order valence-electron chi connectivity index (χ3n) is 5.52. The van der Waals surface area contributed by atoms with E-state index in [0.29, 0.717) is 0 Å². The van der Waals surface area contributed by atoms with Crippen molar-refractivity contribution in [3.05, 3.63) is 52.1 Å². The zero-order valence-electron chi connectivity index (χ0n) is 17.7. The van der Waals surface area contributed by atoms with E-state index in [4.69, 9.17) is 16.7 Å². The zero-order chi connectivity index (χ0) is 20.5. The van der Waals surface area contributed by atoms with E-state index in [0.717, 1.165) is 61.1 Å². The van der Waals surface area contributed by atoms with Crippen LogP contribution < -0.4 is 9.80 Å². The molecule has 0 radical (unpaired) electrons. The number of aryl methyl sites for hydroxylation is 3. The van der Waals surface area contributed by atoms with Crippen LogP contribution in [-0.4, -0.2) is 32.8 Å². The van der Waals surface area contributed by atoms with Crippen molar-refractivity contribution in [2.75, 3.05) is 22.9 Å². The second-order valence-electron chi connectivity index (χ2n) is 7.90. The van der Waals surface area contributed by atoms with Gasteiger partial charge in [-0.1, -0.05) is 24.6 Å². The highest BCUT2D eigenvalue weighted by molar-refractivity contribution is 6.33. The molecule has 0 spiro atoms. The number of benzene rings is 1. The molecule has 3 heterocycles. The van der Waals surface area contributed by atoms with Gasteiger partial charge in [-0.3, -0.25) is 4.68 Å². The first-order valence-electron chi connectivity index (χ1n) is 10.3. The summed E-state index contributed by atoms with van der Waals surface area (Å²) in [6, 6.07) is 4.24. The molecule has 1 aliphatic rings. The van der Waals surface area contributed by atoms with Crippen molar-refractivity contribution in [1.29, 1.82) is 0 Å². The van der Waals surface area contributed by atoms with Crippen LogP contribution in [0.15, 0.2) is 24.7 Å².